The van der Waals surface area contributed by atoms with Crippen LogP contribution in [0.4, 0.5) is 0 Å². The van der Waals surface area contributed by atoms with Gasteiger partial charge in [-0.15, -0.1) is 0 Å². The molecule has 0 radical (unpaired) electrons. The van der Waals surface area contributed by atoms with Crippen LogP contribution in [-0.2, 0) is 0 Å². The number of aromatic hydroxyl groups is 1. The number of H-pyrrole nitrogens is 1. The molecule has 0 saturated heterocycles. The van der Waals surface area contributed by atoms with Crippen molar-refractivity contribution in [2.75, 3.05) is 7.11 Å². The molecule has 130 valence electrons. The SMILES string of the molecule is COc1ccc2c(c1)[nH]c1c(=O)n(/N=C/c3cc(Br)ccc3O)cnc12. The molecular formula is C18H13BrN4O3. The van der Waals surface area contributed by atoms with Crippen molar-refractivity contribution in [2.45, 2.75) is 0 Å². The van der Waals surface area contributed by atoms with E-state index >= 15 is 0 Å². The predicted molar refractivity (Wildman–Crippen MR) is 103 cm³/mol. The summed E-state index contributed by atoms with van der Waals surface area (Å²) in [5, 5.41) is 14.8. The summed E-state index contributed by atoms with van der Waals surface area (Å²) >= 11 is 3.33. The molecule has 4 rings (SSSR count). The first-order chi connectivity index (χ1) is 12.6. The number of nitrogens with one attached hydrogen (secondary N) is 1. The van der Waals surface area contributed by atoms with Crippen LogP contribution in [0.3, 0.4) is 0 Å². The summed E-state index contributed by atoms with van der Waals surface area (Å²) in [6, 6.07) is 10.4. The van der Waals surface area contributed by atoms with Crippen molar-refractivity contribution in [2.24, 2.45) is 5.10 Å². The van der Waals surface area contributed by atoms with Gasteiger partial charge in [0.25, 0.3) is 5.56 Å². The van der Waals surface area contributed by atoms with Crippen LogP contribution in [0.2, 0.25) is 0 Å². The molecule has 4 aromatic rings. The second-order valence-corrected chi connectivity index (χ2v) is 6.52. The number of aromatic nitrogens is 3. The normalized spacial score (nSPS) is 11.6. The summed E-state index contributed by atoms with van der Waals surface area (Å²) in [5.74, 6) is 0.754. The lowest BCUT2D eigenvalue weighted by atomic mass is 10.2. The standard InChI is InChI=1S/C18H13BrN4O3/c1-26-12-3-4-13-14(7-12)22-17-16(13)20-9-23(18(17)25)21-8-10-6-11(19)2-5-15(10)24/h2-9,22,24H,1H3/b21-8+. The maximum Gasteiger partial charge on any atom is 0.298 e. The Balaban J connectivity index is 1.83. The first kappa shape index (κ1) is 16.3. The smallest absolute Gasteiger partial charge is 0.298 e. The summed E-state index contributed by atoms with van der Waals surface area (Å²) in [6.45, 7) is 0. The Labute approximate surface area is 155 Å². The van der Waals surface area contributed by atoms with Crippen molar-refractivity contribution in [3.05, 3.63) is 63.1 Å². The summed E-state index contributed by atoms with van der Waals surface area (Å²) < 4.78 is 7.12. The van der Waals surface area contributed by atoms with Crippen LogP contribution in [0.15, 0.2) is 57.1 Å². The summed E-state index contributed by atoms with van der Waals surface area (Å²) in [7, 11) is 1.58. The monoisotopic (exact) mass is 412 g/mol. The van der Waals surface area contributed by atoms with Crippen molar-refractivity contribution >= 4 is 44.1 Å². The molecule has 0 aliphatic carbocycles. The Hall–Kier alpha value is -3.13. The van der Waals surface area contributed by atoms with Crippen molar-refractivity contribution < 1.29 is 9.84 Å². The lowest BCUT2D eigenvalue weighted by Gasteiger charge is -2.00. The molecule has 0 aliphatic rings. The highest BCUT2D eigenvalue weighted by Gasteiger charge is 2.11. The van der Waals surface area contributed by atoms with Gasteiger partial charge >= 0.3 is 0 Å². The molecule has 0 aliphatic heterocycles. The Morgan fingerprint density at radius 3 is 2.96 bits per heavy atom. The number of ether oxygens (including phenoxy) is 1. The fraction of sp³-hybridized carbons (Fsp3) is 0.0556. The second kappa shape index (κ2) is 6.30. The van der Waals surface area contributed by atoms with E-state index in [4.69, 9.17) is 4.74 Å². The van der Waals surface area contributed by atoms with Crippen LogP contribution in [0, 0.1) is 0 Å². The average molecular weight is 413 g/mol. The number of benzene rings is 2. The van der Waals surface area contributed by atoms with Gasteiger partial charge in [-0.25, -0.2) is 4.98 Å². The Kier molecular flexibility index (Phi) is 3.96. The number of phenols is 1. The molecule has 2 N–H and O–H groups in total. The van der Waals surface area contributed by atoms with Gasteiger partial charge in [-0.3, -0.25) is 4.79 Å². The van der Waals surface area contributed by atoms with E-state index in [1.807, 2.05) is 18.2 Å². The summed E-state index contributed by atoms with van der Waals surface area (Å²) in [5.41, 5.74) is 1.83. The molecule has 2 heterocycles. The zero-order valence-electron chi connectivity index (χ0n) is 13.6. The molecule has 0 amide bonds. The number of hydrogen-bond acceptors (Lipinski definition) is 5. The number of halogens is 1. The summed E-state index contributed by atoms with van der Waals surface area (Å²) in [4.78, 5) is 20.1. The van der Waals surface area contributed by atoms with E-state index in [0.29, 0.717) is 22.3 Å². The van der Waals surface area contributed by atoms with Crippen LogP contribution in [-0.4, -0.2) is 33.1 Å². The van der Waals surface area contributed by atoms with Crippen molar-refractivity contribution in [3.63, 3.8) is 0 Å². The van der Waals surface area contributed by atoms with Gasteiger partial charge in [0.1, 0.15) is 28.9 Å². The van der Waals surface area contributed by atoms with Crippen molar-refractivity contribution in [1.82, 2.24) is 14.6 Å². The molecule has 2 aromatic carbocycles. The van der Waals surface area contributed by atoms with E-state index in [1.165, 1.54) is 12.5 Å². The Morgan fingerprint density at radius 2 is 2.15 bits per heavy atom. The lowest BCUT2D eigenvalue weighted by Crippen LogP contribution is -2.17. The van der Waals surface area contributed by atoms with E-state index in [0.717, 1.165) is 20.1 Å². The Morgan fingerprint density at radius 1 is 1.31 bits per heavy atom. The van der Waals surface area contributed by atoms with E-state index in [1.54, 1.807) is 25.3 Å². The van der Waals surface area contributed by atoms with Gasteiger partial charge in [0.05, 0.1) is 18.8 Å². The van der Waals surface area contributed by atoms with Crippen LogP contribution < -0.4 is 10.3 Å². The number of phenolic OH excluding ortho intramolecular Hbond substituents is 1. The van der Waals surface area contributed by atoms with Gasteiger partial charge in [0.2, 0.25) is 0 Å². The number of aromatic amines is 1. The average Bonchev–Trinajstić information content (AvgIpc) is 3.02. The van der Waals surface area contributed by atoms with Crippen LogP contribution in [0.5, 0.6) is 11.5 Å². The summed E-state index contributed by atoms with van der Waals surface area (Å²) in [6.07, 6.45) is 2.76. The Bertz CT molecular complexity index is 1230. The quantitative estimate of drug-likeness (QED) is 0.505. The van der Waals surface area contributed by atoms with Gasteiger partial charge in [0.15, 0.2) is 0 Å². The molecule has 0 spiro atoms. The molecular weight excluding hydrogens is 400 g/mol. The fourth-order valence-electron chi connectivity index (χ4n) is 2.69. The van der Waals surface area contributed by atoms with Gasteiger partial charge < -0.3 is 14.8 Å². The third-order valence-corrected chi connectivity index (χ3v) is 4.50. The van der Waals surface area contributed by atoms with E-state index in [-0.39, 0.29) is 11.3 Å². The van der Waals surface area contributed by atoms with E-state index in [9.17, 15) is 9.90 Å². The minimum absolute atomic E-state index is 0.0664. The molecule has 0 saturated carbocycles. The maximum atomic E-state index is 12.7. The molecule has 0 unspecified atom stereocenters. The zero-order valence-corrected chi connectivity index (χ0v) is 15.2. The highest BCUT2D eigenvalue weighted by Crippen LogP contribution is 2.25. The first-order valence-corrected chi connectivity index (χ1v) is 8.46. The molecule has 7 nitrogen and oxygen atoms in total. The highest BCUT2D eigenvalue weighted by molar-refractivity contribution is 9.10. The third kappa shape index (κ3) is 2.74. The first-order valence-electron chi connectivity index (χ1n) is 7.67. The highest BCUT2D eigenvalue weighted by atomic mass is 79.9. The fourth-order valence-corrected chi connectivity index (χ4v) is 3.07. The van der Waals surface area contributed by atoms with E-state index in [2.05, 4.69) is 31.0 Å². The second-order valence-electron chi connectivity index (χ2n) is 5.60. The number of rotatable bonds is 3. The predicted octanol–water partition coefficient (Wildman–Crippen LogP) is 3.24. The van der Waals surface area contributed by atoms with Crippen molar-refractivity contribution in [1.29, 1.82) is 0 Å². The number of methoxy groups -OCH3 is 1. The largest absolute Gasteiger partial charge is 0.507 e. The van der Waals surface area contributed by atoms with Crippen LogP contribution in [0.25, 0.3) is 21.9 Å². The van der Waals surface area contributed by atoms with E-state index < -0.39 is 0 Å². The molecule has 0 atom stereocenters. The zero-order chi connectivity index (χ0) is 18.3. The molecule has 0 bridgehead atoms. The number of nitrogens with zero attached hydrogens (tertiary/aromatic N) is 3. The maximum absolute atomic E-state index is 12.7. The lowest BCUT2D eigenvalue weighted by molar-refractivity contribution is 0.415. The third-order valence-electron chi connectivity index (χ3n) is 4.01. The van der Waals surface area contributed by atoms with Crippen LogP contribution >= 0.6 is 15.9 Å². The van der Waals surface area contributed by atoms with Gasteiger partial charge in [-0.05, 0) is 30.3 Å². The van der Waals surface area contributed by atoms with Gasteiger partial charge in [0, 0.05) is 21.5 Å². The number of hydrogen-bond donors (Lipinski definition) is 2. The number of fused-ring (bicyclic) bond motifs is 3. The van der Waals surface area contributed by atoms with Crippen LogP contribution in [0.1, 0.15) is 5.56 Å². The minimum Gasteiger partial charge on any atom is -0.507 e. The molecule has 0 fully saturated rings. The van der Waals surface area contributed by atoms with Crippen molar-refractivity contribution in [3.8, 4) is 11.5 Å². The minimum atomic E-state index is -0.337. The molecule has 2 aromatic heterocycles. The molecule has 26 heavy (non-hydrogen) atoms. The molecule has 8 heteroatoms. The van der Waals surface area contributed by atoms with Gasteiger partial charge in [-0.1, -0.05) is 15.9 Å². The van der Waals surface area contributed by atoms with Gasteiger partial charge in [-0.2, -0.15) is 9.78 Å². The topological polar surface area (TPSA) is 92.5 Å².